The van der Waals surface area contributed by atoms with Gasteiger partial charge in [-0.2, -0.15) is 5.10 Å². The average Bonchev–Trinajstić information content (AvgIpc) is 3.04. The van der Waals surface area contributed by atoms with E-state index >= 15 is 0 Å². The molecule has 26 heavy (non-hydrogen) atoms. The van der Waals surface area contributed by atoms with Crippen LogP contribution < -0.4 is 14.8 Å². The van der Waals surface area contributed by atoms with Gasteiger partial charge in [0.1, 0.15) is 36.8 Å². The highest BCUT2D eigenvalue weighted by Crippen LogP contribution is 2.16. The highest BCUT2D eigenvalue weighted by atomic mass is 127. The topological polar surface area (TPSA) is 76.8 Å². The van der Waals surface area contributed by atoms with Crippen molar-refractivity contribution in [2.24, 2.45) is 12.0 Å². The molecule has 0 atom stereocenters. The van der Waals surface area contributed by atoms with Gasteiger partial charge in [0.25, 0.3) is 0 Å². The van der Waals surface area contributed by atoms with Gasteiger partial charge in [0, 0.05) is 20.6 Å². The molecule has 1 N–H and O–H groups in total. The molecule has 9 heteroatoms. The first-order valence-corrected chi connectivity index (χ1v) is 8.23. The number of hydrogen-bond donors (Lipinski definition) is 1. The minimum Gasteiger partial charge on any atom is -0.497 e. The summed E-state index contributed by atoms with van der Waals surface area (Å²) < 4.78 is 12.6. The van der Waals surface area contributed by atoms with Gasteiger partial charge >= 0.3 is 0 Å². The van der Waals surface area contributed by atoms with Crippen molar-refractivity contribution in [3.05, 3.63) is 36.4 Å². The predicted molar refractivity (Wildman–Crippen MR) is 112 cm³/mol. The second-order valence-corrected chi connectivity index (χ2v) is 5.42. The van der Waals surface area contributed by atoms with Crippen molar-refractivity contribution in [3.8, 4) is 11.5 Å². The van der Waals surface area contributed by atoms with Crippen LogP contribution in [0.4, 0.5) is 0 Å². The summed E-state index contributed by atoms with van der Waals surface area (Å²) in [6.07, 6.45) is 1.53. The predicted octanol–water partition coefficient (Wildman–Crippen LogP) is 1.92. The molecule has 8 nitrogen and oxygen atoms in total. The number of methoxy groups -OCH3 is 1. The van der Waals surface area contributed by atoms with E-state index in [0.717, 1.165) is 29.8 Å². The Morgan fingerprint density at radius 2 is 1.96 bits per heavy atom. The number of likely N-dealkylation sites (N-methyl/N-ethyl adjacent to an activating group) is 1. The Balaban J connectivity index is 0.00000338. The summed E-state index contributed by atoms with van der Waals surface area (Å²) in [4.78, 5) is 10.8. The van der Waals surface area contributed by atoms with Crippen LogP contribution in [0.1, 0.15) is 12.7 Å². The molecule has 0 spiro atoms. The first-order chi connectivity index (χ1) is 12.1. The third-order valence-corrected chi connectivity index (χ3v) is 3.63. The van der Waals surface area contributed by atoms with Crippen molar-refractivity contribution in [2.45, 2.75) is 13.5 Å². The van der Waals surface area contributed by atoms with E-state index in [1.165, 1.54) is 6.33 Å². The zero-order chi connectivity index (χ0) is 18.1. The molecule has 0 radical (unpaired) electrons. The van der Waals surface area contributed by atoms with Gasteiger partial charge in [-0.3, -0.25) is 4.68 Å². The Hall–Kier alpha value is -2.04. The van der Waals surface area contributed by atoms with Crippen LogP contribution in [0.15, 0.2) is 35.6 Å². The van der Waals surface area contributed by atoms with Crippen LogP contribution in [-0.4, -0.2) is 59.5 Å². The summed E-state index contributed by atoms with van der Waals surface area (Å²) in [6, 6.07) is 7.55. The Morgan fingerprint density at radius 3 is 2.54 bits per heavy atom. The third-order valence-electron chi connectivity index (χ3n) is 3.63. The number of hydrogen-bond acceptors (Lipinski definition) is 5. The molecule has 0 fully saturated rings. The SMILES string of the molecule is CCNC(=NCc1ncnn1C)N(C)CCOc1ccc(OC)cc1.I. The van der Waals surface area contributed by atoms with Gasteiger partial charge in [0.15, 0.2) is 5.96 Å². The normalized spacial score (nSPS) is 10.8. The quantitative estimate of drug-likeness (QED) is 0.358. The molecular formula is C17H27IN6O2. The van der Waals surface area contributed by atoms with E-state index in [1.807, 2.05) is 50.2 Å². The van der Waals surface area contributed by atoms with E-state index in [4.69, 9.17) is 9.47 Å². The fourth-order valence-corrected chi connectivity index (χ4v) is 2.16. The Morgan fingerprint density at radius 1 is 1.27 bits per heavy atom. The molecule has 2 rings (SSSR count). The van der Waals surface area contributed by atoms with Gasteiger partial charge in [0.2, 0.25) is 0 Å². The molecular weight excluding hydrogens is 447 g/mol. The number of rotatable bonds is 8. The molecule has 0 aliphatic carbocycles. The summed E-state index contributed by atoms with van der Waals surface area (Å²) >= 11 is 0. The maximum atomic E-state index is 5.77. The lowest BCUT2D eigenvalue weighted by atomic mass is 10.3. The average molecular weight is 474 g/mol. The zero-order valence-corrected chi connectivity index (χ0v) is 18.0. The molecule has 1 aromatic heterocycles. The van der Waals surface area contributed by atoms with Crippen molar-refractivity contribution >= 4 is 29.9 Å². The maximum Gasteiger partial charge on any atom is 0.194 e. The van der Waals surface area contributed by atoms with Gasteiger partial charge in [-0.25, -0.2) is 9.98 Å². The number of aromatic nitrogens is 3. The highest BCUT2D eigenvalue weighted by Gasteiger charge is 2.07. The summed E-state index contributed by atoms with van der Waals surface area (Å²) in [5, 5.41) is 7.33. The lowest BCUT2D eigenvalue weighted by Gasteiger charge is -2.22. The lowest BCUT2D eigenvalue weighted by molar-refractivity contribution is 0.281. The van der Waals surface area contributed by atoms with Crippen molar-refractivity contribution < 1.29 is 9.47 Å². The molecule has 0 aliphatic rings. The van der Waals surface area contributed by atoms with Crippen molar-refractivity contribution in [2.75, 3.05) is 33.9 Å². The van der Waals surface area contributed by atoms with Gasteiger partial charge in [0.05, 0.1) is 13.7 Å². The summed E-state index contributed by atoms with van der Waals surface area (Å²) in [6.45, 7) is 4.57. The number of benzene rings is 1. The van der Waals surface area contributed by atoms with Crippen LogP contribution in [0.25, 0.3) is 0 Å². The molecule has 0 aliphatic heterocycles. The molecule has 0 unspecified atom stereocenters. The molecule has 0 saturated heterocycles. The van der Waals surface area contributed by atoms with Crippen LogP contribution in [0.5, 0.6) is 11.5 Å². The third kappa shape index (κ3) is 6.70. The number of aliphatic imine (C=N–C) groups is 1. The fourth-order valence-electron chi connectivity index (χ4n) is 2.16. The number of aryl methyl sites for hydroxylation is 1. The van der Waals surface area contributed by atoms with E-state index in [-0.39, 0.29) is 24.0 Å². The van der Waals surface area contributed by atoms with Crippen LogP contribution in [0.2, 0.25) is 0 Å². The standard InChI is InChI=1S/C17H26N6O2.HI/c1-5-18-17(19-12-16-20-13-21-23(16)3)22(2)10-11-25-15-8-6-14(24-4)7-9-15;/h6-9,13H,5,10-12H2,1-4H3,(H,18,19);1H. The van der Waals surface area contributed by atoms with Crippen LogP contribution >= 0.6 is 24.0 Å². The fraction of sp³-hybridized carbons (Fsp3) is 0.471. The van der Waals surface area contributed by atoms with Gasteiger partial charge in [-0.1, -0.05) is 0 Å². The Bertz CT molecular complexity index is 674. The molecule has 0 bridgehead atoms. The minimum absolute atomic E-state index is 0. The number of halogens is 1. The smallest absolute Gasteiger partial charge is 0.194 e. The number of nitrogens with one attached hydrogen (secondary N) is 1. The monoisotopic (exact) mass is 474 g/mol. The summed E-state index contributed by atoms with van der Waals surface area (Å²) in [5.41, 5.74) is 0. The van der Waals surface area contributed by atoms with E-state index in [2.05, 4.69) is 20.4 Å². The highest BCUT2D eigenvalue weighted by molar-refractivity contribution is 14.0. The number of nitrogens with zero attached hydrogens (tertiary/aromatic N) is 5. The van der Waals surface area contributed by atoms with Crippen LogP contribution in [0.3, 0.4) is 0 Å². The van der Waals surface area contributed by atoms with Crippen molar-refractivity contribution in [1.82, 2.24) is 25.0 Å². The first kappa shape index (κ1) is 22.0. The largest absolute Gasteiger partial charge is 0.497 e. The number of ether oxygens (including phenoxy) is 2. The second kappa shape index (κ2) is 11.6. The van der Waals surface area contributed by atoms with E-state index < -0.39 is 0 Å². The molecule has 144 valence electrons. The van der Waals surface area contributed by atoms with Crippen LogP contribution in [-0.2, 0) is 13.6 Å². The first-order valence-electron chi connectivity index (χ1n) is 8.23. The lowest BCUT2D eigenvalue weighted by Crippen LogP contribution is -2.40. The minimum atomic E-state index is 0. The van der Waals surface area contributed by atoms with E-state index in [9.17, 15) is 0 Å². The van der Waals surface area contributed by atoms with Crippen LogP contribution in [0, 0.1) is 0 Å². The summed E-state index contributed by atoms with van der Waals surface area (Å²) in [7, 11) is 5.49. The number of guanidine groups is 1. The molecule has 1 heterocycles. The van der Waals surface area contributed by atoms with E-state index in [0.29, 0.717) is 19.7 Å². The Labute approximate surface area is 171 Å². The molecule has 1 aromatic carbocycles. The molecule has 2 aromatic rings. The van der Waals surface area contributed by atoms with Gasteiger partial charge in [-0.05, 0) is 31.2 Å². The maximum absolute atomic E-state index is 5.77. The second-order valence-electron chi connectivity index (χ2n) is 5.42. The van der Waals surface area contributed by atoms with Gasteiger partial charge in [-0.15, -0.1) is 24.0 Å². The molecule has 0 saturated carbocycles. The Kier molecular flexibility index (Phi) is 9.78. The van der Waals surface area contributed by atoms with Crippen molar-refractivity contribution in [1.29, 1.82) is 0 Å². The van der Waals surface area contributed by atoms with E-state index in [1.54, 1.807) is 11.8 Å². The van der Waals surface area contributed by atoms with Crippen molar-refractivity contribution in [3.63, 3.8) is 0 Å². The molecule has 0 amide bonds. The zero-order valence-electron chi connectivity index (χ0n) is 15.7. The summed E-state index contributed by atoms with van der Waals surface area (Å²) in [5.74, 6) is 3.26. The van der Waals surface area contributed by atoms with Gasteiger partial charge < -0.3 is 19.7 Å².